The van der Waals surface area contributed by atoms with Gasteiger partial charge < -0.3 is 20.1 Å². The molecule has 0 bridgehead atoms. The molecule has 3 heterocycles. The van der Waals surface area contributed by atoms with Gasteiger partial charge in [-0.15, -0.1) is 5.10 Å². The van der Waals surface area contributed by atoms with Crippen molar-refractivity contribution in [1.82, 2.24) is 19.5 Å². The lowest BCUT2D eigenvalue weighted by atomic mass is 10.1. The van der Waals surface area contributed by atoms with Crippen molar-refractivity contribution in [3.05, 3.63) is 48.0 Å². The first kappa shape index (κ1) is 19.8. The molecule has 1 fully saturated rings. The highest BCUT2D eigenvalue weighted by atomic mass is 19.4. The van der Waals surface area contributed by atoms with E-state index in [0.717, 1.165) is 12.1 Å². The van der Waals surface area contributed by atoms with E-state index in [0.29, 0.717) is 36.6 Å². The number of nitrogens with zero attached hydrogens (tertiary/aromatic N) is 4. The zero-order valence-electron chi connectivity index (χ0n) is 15.6. The molecule has 158 valence electrons. The number of pyridine rings is 1. The number of carbonyl (C=O) groups is 1. The van der Waals surface area contributed by atoms with Crippen LogP contribution in [0.2, 0.25) is 0 Å². The maximum atomic E-state index is 12.7. The van der Waals surface area contributed by atoms with Crippen molar-refractivity contribution in [2.75, 3.05) is 18.4 Å². The van der Waals surface area contributed by atoms with Gasteiger partial charge in [0.05, 0.1) is 12.1 Å². The summed E-state index contributed by atoms with van der Waals surface area (Å²) in [6, 6.07) is 9.70. The van der Waals surface area contributed by atoms with Gasteiger partial charge in [0, 0.05) is 18.3 Å². The molecule has 1 saturated heterocycles. The number of hydrogen-bond donors (Lipinski definition) is 2. The van der Waals surface area contributed by atoms with E-state index in [1.54, 1.807) is 18.2 Å². The Morgan fingerprint density at radius 1 is 1.20 bits per heavy atom. The number of likely N-dealkylation sites (tertiary alicyclic amines) is 1. The number of anilines is 2. The number of benzene rings is 1. The van der Waals surface area contributed by atoms with Gasteiger partial charge >= 0.3 is 12.3 Å². The molecule has 3 aromatic rings. The quantitative estimate of drug-likeness (QED) is 0.661. The third-order valence-corrected chi connectivity index (χ3v) is 4.73. The summed E-state index contributed by atoms with van der Waals surface area (Å²) in [5.41, 5.74) is 0.146. The lowest BCUT2D eigenvalue weighted by Gasteiger charge is -2.30. The third-order valence-electron chi connectivity index (χ3n) is 4.73. The predicted molar refractivity (Wildman–Crippen MR) is 101 cm³/mol. The number of fused-ring (bicyclic) bond motifs is 1. The zero-order chi connectivity index (χ0) is 21.3. The maximum absolute atomic E-state index is 12.7. The second-order valence-corrected chi connectivity index (χ2v) is 6.88. The molecule has 30 heavy (non-hydrogen) atoms. The second-order valence-electron chi connectivity index (χ2n) is 6.88. The van der Waals surface area contributed by atoms with Gasteiger partial charge in [0.2, 0.25) is 11.8 Å². The van der Waals surface area contributed by atoms with Gasteiger partial charge in [0.25, 0.3) is 0 Å². The van der Waals surface area contributed by atoms with Crippen molar-refractivity contribution in [3.63, 3.8) is 0 Å². The fourth-order valence-corrected chi connectivity index (χ4v) is 3.27. The van der Waals surface area contributed by atoms with Crippen LogP contribution in [0.3, 0.4) is 0 Å². The van der Waals surface area contributed by atoms with E-state index in [1.807, 2.05) is 0 Å². The van der Waals surface area contributed by atoms with E-state index >= 15 is 0 Å². The van der Waals surface area contributed by atoms with Gasteiger partial charge in [-0.25, -0.2) is 4.79 Å². The Morgan fingerprint density at radius 3 is 2.67 bits per heavy atom. The van der Waals surface area contributed by atoms with Gasteiger partial charge in [0.1, 0.15) is 6.10 Å². The van der Waals surface area contributed by atoms with E-state index < -0.39 is 17.8 Å². The molecule has 1 aliphatic heterocycles. The van der Waals surface area contributed by atoms with Crippen LogP contribution in [-0.4, -0.2) is 49.9 Å². The summed E-state index contributed by atoms with van der Waals surface area (Å²) >= 11 is 0. The van der Waals surface area contributed by atoms with Crippen molar-refractivity contribution in [1.29, 1.82) is 0 Å². The number of piperidine rings is 1. The largest absolute Gasteiger partial charge is 0.472 e. The van der Waals surface area contributed by atoms with E-state index in [9.17, 15) is 23.1 Å². The van der Waals surface area contributed by atoms with Crippen LogP contribution in [0.4, 0.5) is 29.6 Å². The minimum absolute atomic E-state index is 0.196. The molecule has 0 aliphatic carbocycles. The lowest BCUT2D eigenvalue weighted by molar-refractivity contribution is -0.137. The van der Waals surface area contributed by atoms with Crippen molar-refractivity contribution < 1.29 is 27.8 Å². The summed E-state index contributed by atoms with van der Waals surface area (Å²) < 4.78 is 45.5. The van der Waals surface area contributed by atoms with Crippen molar-refractivity contribution in [2.45, 2.75) is 25.1 Å². The number of rotatable bonds is 4. The number of aromatic nitrogens is 3. The SMILES string of the molecule is O=C(O)N1CCCC(Oc2cccc3nc(Nc4ccc(C(F)(F)F)cc4)nn23)C1. The fraction of sp³-hybridized carbons (Fsp3) is 0.316. The summed E-state index contributed by atoms with van der Waals surface area (Å²) in [5.74, 6) is 0.597. The first-order chi connectivity index (χ1) is 14.3. The van der Waals surface area contributed by atoms with Crippen molar-refractivity contribution in [3.8, 4) is 5.88 Å². The van der Waals surface area contributed by atoms with E-state index in [-0.39, 0.29) is 18.6 Å². The highest BCUT2D eigenvalue weighted by Crippen LogP contribution is 2.30. The zero-order valence-corrected chi connectivity index (χ0v) is 15.6. The normalized spacial score (nSPS) is 17.2. The average molecular weight is 421 g/mol. The average Bonchev–Trinajstić information content (AvgIpc) is 3.11. The molecule has 1 aliphatic rings. The number of halogens is 3. The van der Waals surface area contributed by atoms with Crippen LogP contribution in [-0.2, 0) is 6.18 Å². The first-order valence-electron chi connectivity index (χ1n) is 9.24. The summed E-state index contributed by atoms with van der Waals surface area (Å²) in [7, 11) is 0. The van der Waals surface area contributed by atoms with Crippen LogP contribution < -0.4 is 10.1 Å². The molecule has 2 N–H and O–H groups in total. The molecule has 8 nitrogen and oxygen atoms in total. The molecular formula is C19H18F3N5O3. The predicted octanol–water partition coefficient (Wildman–Crippen LogP) is 4.01. The molecule has 1 aromatic carbocycles. The monoisotopic (exact) mass is 421 g/mol. The summed E-state index contributed by atoms with van der Waals surface area (Å²) in [6.07, 6.45) is -4.28. The molecule has 11 heteroatoms. The molecule has 0 saturated carbocycles. The Bertz CT molecular complexity index is 1050. The fourth-order valence-electron chi connectivity index (χ4n) is 3.27. The van der Waals surface area contributed by atoms with Gasteiger partial charge in [-0.05, 0) is 43.2 Å². The third kappa shape index (κ3) is 4.24. The Balaban J connectivity index is 1.51. The highest BCUT2D eigenvalue weighted by molar-refractivity contribution is 5.65. The summed E-state index contributed by atoms with van der Waals surface area (Å²) in [6.45, 7) is 0.737. The number of carboxylic acid groups (broad SMARTS) is 1. The molecule has 1 amide bonds. The Hall–Kier alpha value is -3.50. The van der Waals surface area contributed by atoms with Gasteiger partial charge in [0.15, 0.2) is 5.65 Å². The molecular weight excluding hydrogens is 403 g/mol. The van der Waals surface area contributed by atoms with Gasteiger partial charge in [-0.1, -0.05) is 6.07 Å². The van der Waals surface area contributed by atoms with Crippen LogP contribution in [0.5, 0.6) is 5.88 Å². The minimum atomic E-state index is -4.40. The Labute approximate surface area is 168 Å². The molecule has 4 rings (SSSR count). The van der Waals surface area contributed by atoms with Crippen LogP contribution in [0.25, 0.3) is 5.65 Å². The van der Waals surface area contributed by atoms with Crippen LogP contribution in [0.1, 0.15) is 18.4 Å². The second kappa shape index (κ2) is 7.73. The smallest absolute Gasteiger partial charge is 0.416 e. The maximum Gasteiger partial charge on any atom is 0.416 e. The highest BCUT2D eigenvalue weighted by Gasteiger charge is 2.30. The van der Waals surface area contributed by atoms with Crippen molar-refractivity contribution in [2.24, 2.45) is 0 Å². The van der Waals surface area contributed by atoms with E-state index in [1.165, 1.54) is 21.5 Å². The number of hydrogen-bond acceptors (Lipinski definition) is 5. The van der Waals surface area contributed by atoms with Gasteiger partial charge in [-0.2, -0.15) is 22.7 Å². The number of nitrogens with one attached hydrogen (secondary N) is 1. The molecule has 0 radical (unpaired) electrons. The van der Waals surface area contributed by atoms with E-state index in [4.69, 9.17) is 4.74 Å². The first-order valence-corrected chi connectivity index (χ1v) is 9.24. The topological polar surface area (TPSA) is 92.0 Å². The molecule has 2 aromatic heterocycles. The van der Waals surface area contributed by atoms with Gasteiger partial charge in [-0.3, -0.25) is 0 Å². The number of alkyl halides is 3. The lowest BCUT2D eigenvalue weighted by Crippen LogP contribution is -2.43. The summed E-state index contributed by atoms with van der Waals surface area (Å²) in [5, 5.41) is 16.4. The van der Waals surface area contributed by atoms with Crippen molar-refractivity contribution >= 4 is 23.4 Å². The molecule has 1 atom stereocenters. The Morgan fingerprint density at radius 2 is 1.97 bits per heavy atom. The standard InChI is InChI=1S/C19H18F3N5O3/c20-19(21,22)12-6-8-13(9-7-12)23-17-24-15-4-1-5-16(27(15)25-17)30-14-3-2-10-26(11-14)18(28)29/h1,4-9,14H,2-3,10-11H2,(H,23,25)(H,28,29). The minimum Gasteiger partial charge on any atom is -0.472 e. The molecule has 1 unspecified atom stereocenters. The number of amides is 1. The Kier molecular flexibility index (Phi) is 5.10. The summed E-state index contributed by atoms with van der Waals surface area (Å²) in [4.78, 5) is 16.8. The van der Waals surface area contributed by atoms with E-state index in [2.05, 4.69) is 15.4 Å². The van der Waals surface area contributed by atoms with Crippen LogP contribution in [0.15, 0.2) is 42.5 Å². The van der Waals surface area contributed by atoms with Crippen LogP contribution in [0, 0.1) is 0 Å². The molecule has 0 spiro atoms. The number of ether oxygens (including phenoxy) is 1. The van der Waals surface area contributed by atoms with Crippen LogP contribution >= 0.6 is 0 Å².